The average molecular weight is 427 g/mol. The van der Waals surface area contributed by atoms with Gasteiger partial charge in [-0.2, -0.15) is 0 Å². The lowest BCUT2D eigenvalue weighted by Crippen LogP contribution is -2.55. The van der Waals surface area contributed by atoms with E-state index in [1.54, 1.807) is 0 Å². The number of hydrogen-bond acceptors (Lipinski definition) is 3. The Kier molecular flexibility index (Phi) is 8.68. The molecule has 1 fully saturated rings. The lowest BCUT2D eigenvalue weighted by Gasteiger charge is -2.31. The Morgan fingerprint density at radius 3 is 2.52 bits per heavy atom. The van der Waals surface area contributed by atoms with Crippen LogP contribution in [-0.4, -0.2) is 35.0 Å². The summed E-state index contributed by atoms with van der Waals surface area (Å²) in [5.74, 6) is -1.51. The van der Waals surface area contributed by atoms with E-state index in [4.69, 9.17) is 0 Å². The van der Waals surface area contributed by atoms with Crippen LogP contribution >= 0.6 is 0 Å². The molecule has 2 bridgehead atoms. The summed E-state index contributed by atoms with van der Waals surface area (Å²) >= 11 is 0. The summed E-state index contributed by atoms with van der Waals surface area (Å²) in [5.41, 5.74) is 1.88. The molecule has 0 saturated heterocycles. The van der Waals surface area contributed by atoms with Crippen LogP contribution in [0.5, 0.6) is 0 Å². The van der Waals surface area contributed by atoms with Crippen LogP contribution in [0.25, 0.3) is 6.08 Å². The maximum Gasteiger partial charge on any atom is 0.326 e. The molecular formula is C25H34N2O4. The van der Waals surface area contributed by atoms with Crippen molar-refractivity contribution >= 4 is 23.9 Å². The molecule has 2 atom stereocenters. The van der Waals surface area contributed by atoms with Gasteiger partial charge in [-0.1, -0.05) is 62.1 Å². The first-order valence-corrected chi connectivity index (χ1v) is 11.6. The smallest absolute Gasteiger partial charge is 0.326 e. The van der Waals surface area contributed by atoms with Crippen LogP contribution < -0.4 is 10.6 Å². The normalized spacial score (nSPS) is 24.6. The Morgan fingerprint density at radius 2 is 1.74 bits per heavy atom. The van der Waals surface area contributed by atoms with Crippen LogP contribution in [0.4, 0.5) is 0 Å². The van der Waals surface area contributed by atoms with Crippen LogP contribution in [0.1, 0.15) is 75.3 Å². The molecule has 1 aliphatic carbocycles. The van der Waals surface area contributed by atoms with E-state index in [0.717, 1.165) is 68.9 Å². The van der Waals surface area contributed by atoms with Crippen molar-refractivity contribution in [2.24, 2.45) is 5.92 Å². The number of nitrogens with one attached hydrogen (secondary N) is 2. The molecule has 1 aromatic rings. The van der Waals surface area contributed by atoms with Crippen molar-refractivity contribution in [2.45, 2.75) is 82.7 Å². The van der Waals surface area contributed by atoms with Gasteiger partial charge in [0.2, 0.25) is 11.8 Å². The summed E-state index contributed by atoms with van der Waals surface area (Å²) < 4.78 is 0. The van der Waals surface area contributed by atoms with Crippen LogP contribution in [0.15, 0.2) is 30.3 Å². The van der Waals surface area contributed by atoms with Crippen molar-refractivity contribution in [3.8, 4) is 0 Å². The van der Waals surface area contributed by atoms with Crippen LogP contribution in [-0.2, 0) is 20.8 Å². The van der Waals surface area contributed by atoms with E-state index in [-0.39, 0.29) is 24.2 Å². The lowest BCUT2D eigenvalue weighted by atomic mass is 9.83. The number of amides is 2. The Bertz CT molecular complexity index is 798. The highest BCUT2D eigenvalue weighted by molar-refractivity contribution is 5.90. The molecule has 2 amide bonds. The topological polar surface area (TPSA) is 95.5 Å². The standard InChI is InChI=1S/C25H34N2O4/c28-22-15-8-3-1-2-5-10-18-11-9-12-19(16-18)17-21(25(30)31)26-24(29)23(27-22)20-13-6-4-7-14-20/h5,9-12,16,20-21,23H,1-4,6-8,13-15,17H2,(H,26,29)(H,27,28)(H,30,31)/t21-,23-/m0/s1. The highest BCUT2D eigenvalue weighted by atomic mass is 16.4. The summed E-state index contributed by atoms with van der Waals surface area (Å²) in [5, 5.41) is 15.4. The Labute approximate surface area is 184 Å². The van der Waals surface area contributed by atoms with E-state index in [0.29, 0.717) is 6.42 Å². The molecule has 168 valence electrons. The summed E-state index contributed by atoms with van der Waals surface area (Å²) in [4.78, 5) is 37.6. The zero-order valence-electron chi connectivity index (χ0n) is 18.1. The Morgan fingerprint density at radius 1 is 0.968 bits per heavy atom. The SMILES string of the molecule is O=C1CCCCCC=Cc2cccc(c2)C[C@@H](C(=O)O)NC(=O)[C@H](C2CCCCC2)N1. The first-order chi connectivity index (χ1) is 15.0. The maximum absolute atomic E-state index is 13.1. The van der Waals surface area contributed by atoms with Gasteiger partial charge in [0.25, 0.3) is 0 Å². The fraction of sp³-hybridized carbons (Fsp3) is 0.560. The van der Waals surface area contributed by atoms with Crippen molar-refractivity contribution in [3.63, 3.8) is 0 Å². The molecule has 0 aromatic heterocycles. The monoisotopic (exact) mass is 426 g/mol. The van der Waals surface area contributed by atoms with E-state index >= 15 is 0 Å². The number of carbonyl (C=O) groups excluding carboxylic acids is 2. The van der Waals surface area contributed by atoms with Crippen molar-refractivity contribution in [3.05, 3.63) is 41.5 Å². The third kappa shape index (κ3) is 7.23. The lowest BCUT2D eigenvalue weighted by molar-refractivity contribution is -0.142. The number of rotatable bonds is 2. The zero-order chi connectivity index (χ0) is 22.1. The number of allylic oxidation sites excluding steroid dienone is 1. The molecule has 31 heavy (non-hydrogen) atoms. The highest BCUT2D eigenvalue weighted by Crippen LogP contribution is 2.27. The summed E-state index contributed by atoms with van der Waals surface area (Å²) in [6, 6.07) is 6.05. The molecule has 1 aliphatic heterocycles. The van der Waals surface area contributed by atoms with E-state index in [1.807, 2.05) is 30.3 Å². The first-order valence-electron chi connectivity index (χ1n) is 11.6. The summed E-state index contributed by atoms with van der Waals surface area (Å²) in [7, 11) is 0. The summed E-state index contributed by atoms with van der Waals surface area (Å²) in [6.45, 7) is 0. The minimum atomic E-state index is -1.07. The van der Waals surface area contributed by atoms with Crippen molar-refractivity contribution in [2.75, 3.05) is 0 Å². The minimum Gasteiger partial charge on any atom is -0.480 e. The van der Waals surface area contributed by atoms with Gasteiger partial charge in [0.05, 0.1) is 0 Å². The van der Waals surface area contributed by atoms with Crippen LogP contribution in [0, 0.1) is 5.92 Å². The third-order valence-corrected chi connectivity index (χ3v) is 6.31. The van der Waals surface area contributed by atoms with Gasteiger partial charge >= 0.3 is 5.97 Å². The van der Waals surface area contributed by atoms with E-state index in [2.05, 4.69) is 16.7 Å². The molecule has 0 unspecified atom stereocenters. The fourth-order valence-electron chi connectivity index (χ4n) is 4.58. The molecule has 3 rings (SSSR count). The zero-order valence-corrected chi connectivity index (χ0v) is 18.1. The second-order valence-electron chi connectivity index (χ2n) is 8.79. The predicted octanol–water partition coefficient (Wildman–Crippen LogP) is 3.84. The molecule has 3 N–H and O–H groups in total. The van der Waals surface area contributed by atoms with E-state index < -0.39 is 18.1 Å². The van der Waals surface area contributed by atoms with Crippen LogP contribution in [0.3, 0.4) is 0 Å². The van der Waals surface area contributed by atoms with Gasteiger partial charge < -0.3 is 15.7 Å². The van der Waals surface area contributed by atoms with Crippen molar-refractivity contribution in [1.29, 1.82) is 0 Å². The van der Waals surface area contributed by atoms with Gasteiger partial charge in [-0.05, 0) is 49.1 Å². The van der Waals surface area contributed by atoms with Gasteiger partial charge in [-0.25, -0.2) is 4.79 Å². The van der Waals surface area contributed by atoms with Gasteiger partial charge in [-0.3, -0.25) is 9.59 Å². The minimum absolute atomic E-state index is 0.0572. The predicted molar refractivity (Wildman–Crippen MR) is 120 cm³/mol. The molecule has 6 heteroatoms. The van der Waals surface area contributed by atoms with Gasteiger partial charge in [0.15, 0.2) is 0 Å². The number of hydrogen-bond donors (Lipinski definition) is 3. The molecule has 0 radical (unpaired) electrons. The Balaban J connectivity index is 1.82. The molecule has 0 spiro atoms. The Hall–Kier alpha value is -2.63. The van der Waals surface area contributed by atoms with E-state index in [1.165, 1.54) is 0 Å². The first kappa shape index (κ1) is 23.0. The third-order valence-electron chi connectivity index (χ3n) is 6.31. The molecule has 6 nitrogen and oxygen atoms in total. The fourth-order valence-corrected chi connectivity index (χ4v) is 4.58. The highest BCUT2D eigenvalue weighted by Gasteiger charge is 2.33. The van der Waals surface area contributed by atoms with Gasteiger partial charge in [0.1, 0.15) is 12.1 Å². The van der Waals surface area contributed by atoms with Crippen molar-refractivity contribution in [1.82, 2.24) is 10.6 Å². The number of carboxylic acid groups (broad SMARTS) is 1. The molecule has 2 aliphatic rings. The van der Waals surface area contributed by atoms with E-state index in [9.17, 15) is 19.5 Å². The molecule has 1 aromatic carbocycles. The molecular weight excluding hydrogens is 392 g/mol. The quantitative estimate of drug-likeness (QED) is 0.669. The number of carbonyl (C=O) groups is 3. The number of benzene rings is 1. The second-order valence-corrected chi connectivity index (χ2v) is 8.79. The number of fused-ring (bicyclic) bond motifs is 2. The van der Waals surface area contributed by atoms with Gasteiger partial charge in [0, 0.05) is 12.8 Å². The largest absolute Gasteiger partial charge is 0.480 e. The maximum atomic E-state index is 13.1. The number of aliphatic carboxylic acids is 1. The van der Waals surface area contributed by atoms with Crippen LogP contribution in [0.2, 0.25) is 0 Å². The average Bonchev–Trinajstić information content (AvgIpc) is 2.76. The van der Waals surface area contributed by atoms with Gasteiger partial charge in [-0.15, -0.1) is 0 Å². The van der Waals surface area contributed by atoms with Crippen molar-refractivity contribution < 1.29 is 19.5 Å². The molecule has 1 saturated carbocycles. The molecule has 1 heterocycles. The summed E-state index contributed by atoms with van der Waals surface area (Å²) in [6.07, 6.45) is 13.4. The number of carboxylic acids is 1. The second kappa shape index (κ2) is 11.7.